The van der Waals surface area contributed by atoms with Crippen molar-refractivity contribution in [1.29, 1.82) is 0 Å². The third kappa shape index (κ3) is 4.38. The van der Waals surface area contributed by atoms with Crippen LogP contribution in [0.25, 0.3) is 0 Å². The molecule has 0 aromatic heterocycles. The normalized spacial score (nSPS) is 12.1. The number of carbonyl (C=O) groups is 2. The first-order valence-corrected chi connectivity index (χ1v) is 6.55. The van der Waals surface area contributed by atoms with Crippen molar-refractivity contribution in [1.82, 2.24) is 0 Å². The molecule has 1 aromatic carbocycles. The second-order valence-electron chi connectivity index (χ2n) is 3.75. The van der Waals surface area contributed by atoms with E-state index in [1.807, 2.05) is 0 Å². The number of thioether (sulfide) groups is 1. The van der Waals surface area contributed by atoms with Crippen LogP contribution >= 0.6 is 11.8 Å². The molecule has 0 radical (unpaired) electrons. The van der Waals surface area contributed by atoms with Gasteiger partial charge >= 0.3 is 11.9 Å². The molecule has 0 saturated heterocycles. The number of rotatable bonds is 7. The minimum atomic E-state index is -1.01. The molecule has 0 heterocycles. The van der Waals surface area contributed by atoms with Crippen LogP contribution in [0.2, 0.25) is 0 Å². The molecular weight excluding hydrogens is 254 g/mol. The van der Waals surface area contributed by atoms with Crippen molar-refractivity contribution in [2.24, 2.45) is 5.73 Å². The van der Waals surface area contributed by atoms with Crippen LogP contribution in [0, 0.1) is 0 Å². The van der Waals surface area contributed by atoms with Crippen molar-refractivity contribution in [2.45, 2.75) is 18.2 Å². The summed E-state index contributed by atoms with van der Waals surface area (Å²) >= 11 is 1.48. The summed E-state index contributed by atoms with van der Waals surface area (Å²) in [6.07, 6.45) is 0.370. The fourth-order valence-electron chi connectivity index (χ4n) is 1.37. The van der Waals surface area contributed by atoms with Crippen molar-refractivity contribution in [2.75, 3.05) is 5.75 Å². The molecule has 0 bridgehead atoms. The highest BCUT2D eigenvalue weighted by Crippen LogP contribution is 2.17. The number of carboxylic acids is 2. The lowest BCUT2D eigenvalue weighted by atomic mass is 10.1. The zero-order valence-electron chi connectivity index (χ0n) is 9.70. The number of aliphatic carboxylic acids is 1. The van der Waals surface area contributed by atoms with Gasteiger partial charge < -0.3 is 15.9 Å². The van der Waals surface area contributed by atoms with E-state index in [2.05, 4.69) is 0 Å². The van der Waals surface area contributed by atoms with Gasteiger partial charge in [-0.25, -0.2) is 4.79 Å². The number of nitrogens with two attached hydrogens (primary N) is 1. The number of hydrogen-bond acceptors (Lipinski definition) is 4. The largest absolute Gasteiger partial charge is 0.480 e. The van der Waals surface area contributed by atoms with E-state index < -0.39 is 18.0 Å². The maximum absolute atomic E-state index is 10.9. The standard InChI is InChI=1S/C12H15NO4S/c13-10(12(16)17)5-6-18-7-8-3-1-2-4-9(8)11(14)15/h1-4,10H,5-7,13H2,(H,14,15)(H,16,17). The molecule has 0 spiro atoms. The monoisotopic (exact) mass is 269 g/mol. The molecule has 18 heavy (non-hydrogen) atoms. The highest BCUT2D eigenvalue weighted by molar-refractivity contribution is 7.98. The molecule has 1 rings (SSSR count). The second-order valence-corrected chi connectivity index (χ2v) is 4.85. The zero-order valence-corrected chi connectivity index (χ0v) is 10.5. The van der Waals surface area contributed by atoms with Gasteiger partial charge in [0, 0.05) is 5.75 Å². The van der Waals surface area contributed by atoms with Gasteiger partial charge in [0.25, 0.3) is 0 Å². The Bertz CT molecular complexity index is 436. The summed E-state index contributed by atoms with van der Waals surface area (Å²) in [6.45, 7) is 0. The van der Waals surface area contributed by atoms with Gasteiger partial charge in [-0.15, -0.1) is 0 Å². The van der Waals surface area contributed by atoms with Crippen LogP contribution in [-0.4, -0.2) is 33.9 Å². The summed E-state index contributed by atoms with van der Waals surface area (Å²) in [5, 5.41) is 17.6. The van der Waals surface area contributed by atoms with E-state index >= 15 is 0 Å². The second kappa shape index (κ2) is 7.03. The average molecular weight is 269 g/mol. The van der Waals surface area contributed by atoms with E-state index in [9.17, 15) is 9.59 Å². The third-order valence-corrected chi connectivity index (χ3v) is 3.44. The Morgan fingerprint density at radius 3 is 2.56 bits per heavy atom. The Labute approximate surface area is 109 Å². The van der Waals surface area contributed by atoms with Crippen LogP contribution in [-0.2, 0) is 10.5 Å². The van der Waals surface area contributed by atoms with Crippen LogP contribution in [0.15, 0.2) is 24.3 Å². The fourth-order valence-corrected chi connectivity index (χ4v) is 2.41. The summed E-state index contributed by atoms with van der Waals surface area (Å²) in [4.78, 5) is 21.4. The number of benzene rings is 1. The quantitative estimate of drug-likeness (QED) is 0.647. The lowest BCUT2D eigenvalue weighted by Crippen LogP contribution is -2.30. The summed E-state index contributed by atoms with van der Waals surface area (Å²) in [5.41, 5.74) is 6.39. The van der Waals surface area contributed by atoms with E-state index in [-0.39, 0.29) is 5.56 Å². The predicted octanol–water partition coefficient (Wildman–Crippen LogP) is 1.42. The molecule has 5 nitrogen and oxygen atoms in total. The Hall–Kier alpha value is -1.53. The maximum Gasteiger partial charge on any atom is 0.335 e. The van der Waals surface area contributed by atoms with Crippen molar-refractivity contribution in [3.8, 4) is 0 Å². The predicted molar refractivity (Wildman–Crippen MR) is 69.8 cm³/mol. The van der Waals surface area contributed by atoms with Gasteiger partial charge in [0.05, 0.1) is 5.56 Å². The molecule has 0 aliphatic carbocycles. The first kappa shape index (κ1) is 14.5. The van der Waals surface area contributed by atoms with E-state index in [1.165, 1.54) is 11.8 Å². The SMILES string of the molecule is NC(CCSCc1ccccc1C(=O)O)C(=O)O. The van der Waals surface area contributed by atoms with Crippen molar-refractivity contribution >= 4 is 23.7 Å². The van der Waals surface area contributed by atoms with Gasteiger partial charge in [0.15, 0.2) is 0 Å². The molecule has 0 amide bonds. The Morgan fingerprint density at radius 2 is 1.94 bits per heavy atom. The number of aromatic carboxylic acids is 1. The van der Waals surface area contributed by atoms with E-state index in [1.54, 1.807) is 24.3 Å². The average Bonchev–Trinajstić information content (AvgIpc) is 2.34. The van der Waals surface area contributed by atoms with E-state index in [0.717, 1.165) is 5.56 Å². The summed E-state index contributed by atoms with van der Waals surface area (Å²) in [7, 11) is 0. The molecule has 0 aliphatic heterocycles. The Kier molecular flexibility index (Phi) is 5.67. The Balaban J connectivity index is 2.45. The van der Waals surface area contributed by atoms with Crippen LogP contribution in [0.5, 0.6) is 0 Å². The van der Waals surface area contributed by atoms with Gasteiger partial charge in [-0.3, -0.25) is 4.79 Å². The molecule has 0 aliphatic rings. The highest BCUT2D eigenvalue weighted by atomic mass is 32.2. The topological polar surface area (TPSA) is 101 Å². The lowest BCUT2D eigenvalue weighted by molar-refractivity contribution is -0.138. The van der Waals surface area contributed by atoms with E-state index in [0.29, 0.717) is 17.9 Å². The van der Waals surface area contributed by atoms with Crippen LogP contribution in [0.1, 0.15) is 22.3 Å². The molecule has 6 heteroatoms. The third-order valence-electron chi connectivity index (χ3n) is 2.40. The first-order valence-electron chi connectivity index (χ1n) is 5.39. The molecule has 0 fully saturated rings. The van der Waals surface area contributed by atoms with E-state index in [4.69, 9.17) is 15.9 Å². The van der Waals surface area contributed by atoms with Gasteiger partial charge in [0.1, 0.15) is 6.04 Å². The smallest absolute Gasteiger partial charge is 0.335 e. The lowest BCUT2D eigenvalue weighted by Gasteiger charge is -2.07. The minimum Gasteiger partial charge on any atom is -0.480 e. The molecular formula is C12H15NO4S. The van der Waals surface area contributed by atoms with Gasteiger partial charge in [-0.05, 0) is 23.8 Å². The molecule has 4 N–H and O–H groups in total. The fraction of sp³-hybridized carbons (Fsp3) is 0.333. The van der Waals surface area contributed by atoms with Crippen LogP contribution < -0.4 is 5.73 Å². The summed E-state index contributed by atoms with van der Waals surface area (Å²) < 4.78 is 0. The summed E-state index contributed by atoms with van der Waals surface area (Å²) in [6, 6.07) is 5.92. The number of carboxylic acid groups (broad SMARTS) is 2. The first-order chi connectivity index (χ1) is 8.52. The van der Waals surface area contributed by atoms with Crippen molar-refractivity contribution in [3.63, 3.8) is 0 Å². The summed E-state index contributed by atoms with van der Waals surface area (Å²) in [5.74, 6) is -0.842. The van der Waals surface area contributed by atoms with Crippen LogP contribution in [0.4, 0.5) is 0 Å². The molecule has 0 saturated carbocycles. The Morgan fingerprint density at radius 1 is 1.28 bits per heavy atom. The van der Waals surface area contributed by atoms with Gasteiger partial charge in [0.2, 0.25) is 0 Å². The van der Waals surface area contributed by atoms with Gasteiger partial charge in [-0.2, -0.15) is 11.8 Å². The van der Waals surface area contributed by atoms with Crippen molar-refractivity contribution < 1.29 is 19.8 Å². The zero-order chi connectivity index (χ0) is 13.5. The molecule has 98 valence electrons. The maximum atomic E-state index is 10.9. The molecule has 1 unspecified atom stereocenters. The minimum absolute atomic E-state index is 0.285. The number of hydrogen-bond donors (Lipinski definition) is 3. The van der Waals surface area contributed by atoms with Crippen molar-refractivity contribution in [3.05, 3.63) is 35.4 Å². The molecule has 1 atom stereocenters. The van der Waals surface area contributed by atoms with Gasteiger partial charge in [-0.1, -0.05) is 18.2 Å². The van der Waals surface area contributed by atoms with Crippen LogP contribution in [0.3, 0.4) is 0 Å². The molecule has 1 aromatic rings. The highest BCUT2D eigenvalue weighted by Gasteiger charge is 2.12.